The molecule has 1 unspecified atom stereocenters. The fourth-order valence-electron chi connectivity index (χ4n) is 1.36. The molecule has 0 radical (unpaired) electrons. The Hall–Kier alpha value is -0.840. The molecule has 0 aliphatic rings. The lowest BCUT2D eigenvalue weighted by atomic mass is 10.1. The van der Waals surface area contributed by atoms with Gasteiger partial charge in [-0.3, -0.25) is 0 Å². The molecule has 0 aliphatic carbocycles. The number of rotatable bonds is 4. The van der Waals surface area contributed by atoms with Crippen LogP contribution in [0.4, 0.5) is 5.69 Å². The molecule has 0 aliphatic heterocycles. The second-order valence-corrected chi connectivity index (χ2v) is 4.54. The molecule has 0 amide bonds. The molecular formula is C11H15ClN2OS. The number of halogens is 1. The van der Waals surface area contributed by atoms with Gasteiger partial charge in [0.25, 0.3) is 0 Å². The van der Waals surface area contributed by atoms with Crippen molar-refractivity contribution in [3.63, 3.8) is 0 Å². The van der Waals surface area contributed by atoms with Crippen LogP contribution in [0.15, 0.2) is 18.2 Å². The molecular weight excluding hydrogens is 244 g/mol. The first-order valence-corrected chi connectivity index (χ1v) is 5.69. The van der Waals surface area contributed by atoms with Gasteiger partial charge in [-0.2, -0.15) is 0 Å². The SMILES string of the molecule is CC(CO)N(C)c1cc(Cl)ccc1C(N)=S. The number of anilines is 1. The minimum absolute atomic E-state index is 0.0217. The number of nitrogens with zero attached hydrogens (tertiary/aromatic N) is 1. The van der Waals surface area contributed by atoms with Gasteiger partial charge in [-0.05, 0) is 25.1 Å². The van der Waals surface area contributed by atoms with Gasteiger partial charge >= 0.3 is 0 Å². The summed E-state index contributed by atoms with van der Waals surface area (Å²) < 4.78 is 0. The van der Waals surface area contributed by atoms with Crippen LogP contribution in [0.25, 0.3) is 0 Å². The Labute approximate surface area is 106 Å². The van der Waals surface area contributed by atoms with Crippen LogP contribution in [-0.4, -0.2) is 29.8 Å². The van der Waals surface area contributed by atoms with Gasteiger partial charge in [-0.15, -0.1) is 0 Å². The highest BCUT2D eigenvalue weighted by Crippen LogP contribution is 2.25. The average molecular weight is 259 g/mol. The van der Waals surface area contributed by atoms with Crippen LogP contribution in [-0.2, 0) is 0 Å². The van der Waals surface area contributed by atoms with Gasteiger partial charge in [0.2, 0.25) is 0 Å². The van der Waals surface area contributed by atoms with Crippen molar-refractivity contribution >= 4 is 34.5 Å². The highest BCUT2D eigenvalue weighted by Gasteiger charge is 2.14. The van der Waals surface area contributed by atoms with E-state index in [1.165, 1.54) is 0 Å². The number of benzene rings is 1. The predicted molar refractivity (Wildman–Crippen MR) is 72.3 cm³/mol. The normalized spacial score (nSPS) is 12.2. The van der Waals surface area contributed by atoms with Crippen LogP contribution >= 0.6 is 23.8 Å². The largest absolute Gasteiger partial charge is 0.394 e. The quantitative estimate of drug-likeness (QED) is 0.809. The standard InChI is InChI=1S/C11H15ClN2OS/c1-7(6-15)14(2)10-5-8(12)3-4-9(10)11(13)16/h3-5,7,15H,6H2,1-2H3,(H2,13,16). The van der Waals surface area contributed by atoms with Crippen molar-refractivity contribution in [1.29, 1.82) is 0 Å². The van der Waals surface area contributed by atoms with Gasteiger partial charge in [-0.1, -0.05) is 23.8 Å². The van der Waals surface area contributed by atoms with Crippen molar-refractivity contribution < 1.29 is 5.11 Å². The zero-order valence-corrected chi connectivity index (χ0v) is 10.8. The smallest absolute Gasteiger partial charge is 0.106 e. The average Bonchev–Trinajstić information content (AvgIpc) is 2.26. The fourth-order valence-corrected chi connectivity index (χ4v) is 1.70. The monoisotopic (exact) mass is 258 g/mol. The zero-order chi connectivity index (χ0) is 12.3. The van der Waals surface area contributed by atoms with E-state index in [1.807, 2.05) is 18.9 Å². The van der Waals surface area contributed by atoms with E-state index in [0.717, 1.165) is 11.3 Å². The van der Waals surface area contributed by atoms with E-state index in [1.54, 1.807) is 18.2 Å². The summed E-state index contributed by atoms with van der Waals surface area (Å²) >= 11 is 10.9. The number of thiocarbonyl (C=S) groups is 1. The molecule has 1 aromatic rings. The van der Waals surface area contributed by atoms with Crippen LogP contribution < -0.4 is 10.6 Å². The molecule has 0 fully saturated rings. The first kappa shape index (κ1) is 13.2. The van der Waals surface area contributed by atoms with Gasteiger partial charge in [0.05, 0.1) is 6.61 Å². The van der Waals surface area contributed by atoms with E-state index in [2.05, 4.69) is 0 Å². The van der Waals surface area contributed by atoms with E-state index in [4.69, 9.17) is 34.7 Å². The van der Waals surface area contributed by atoms with Crippen LogP contribution in [0.1, 0.15) is 12.5 Å². The van der Waals surface area contributed by atoms with E-state index >= 15 is 0 Å². The van der Waals surface area contributed by atoms with Crippen molar-refractivity contribution in [3.8, 4) is 0 Å². The molecule has 0 bridgehead atoms. The summed E-state index contributed by atoms with van der Waals surface area (Å²) in [5.74, 6) is 0. The predicted octanol–water partition coefficient (Wildman–Crippen LogP) is 1.79. The van der Waals surface area contributed by atoms with Crippen molar-refractivity contribution in [2.45, 2.75) is 13.0 Å². The number of aliphatic hydroxyl groups excluding tert-OH is 1. The summed E-state index contributed by atoms with van der Waals surface area (Å²) in [4.78, 5) is 2.23. The minimum Gasteiger partial charge on any atom is -0.394 e. The lowest BCUT2D eigenvalue weighted by molar-refractivity contribution is 0.270. The lowest BCUT2D eigenvalue weighted by Gasteiger charge is -2.27. The molecule has 0 spiro atoms. The topological polar surface area (TPSA) is 49.5 Å². The number of aliphatic hydroxyl groups is 1. The van der Waals surface area contributed by atoms with Gasteiger partial charge in [0.1, 0.15) is 4.99 Å². The second kappa shape index (κ2) is 5.48. The van der Waals surface area contributed by atoms with Crippen molar-refractivity contribution in [3.05, 3.63) is 28.8 Å². The molecule has 3 nitrogen and oxygen atoms in total. The van der Waals surface area contributed by atoms with Gasteiger partial charge < -0.3 is 15.7 Å². The number of hydrogen-bond donors (Lipinski definition) is 2. The molecule has 1 rings (SSSR count). The Morgan fingerprint density at radius 1 is 1.62 bits per heavy atom. The molecule has 16 heavy (non-hydrogen) atoms. The van der Waals surface area contributed by atoms with Gasteiger partial charge in [0, 0.05) is 29.4 Å². The fraction of sp³-hybridized carbons (Fsp3) is 0.364. The first-order valence-electron chi connectivity index (χ1n) is 4.90. The highest BCUT2D eigenvalue weighted by atomic mass is 35.5. The number of nitrogens with two attached hydrogens (primary N) is 1. The maximum Gasteiger partial charge on any atom is 0.106 e. The Balaban J connectivity index is 3.19. The maximum atomic E-state index is 9.13. The van der Waals surface area contributed by atoms with Crippen LogP contribution in [0, 0.1) is 0 Å². The second-order valence-electron chi connectivity index (χ2n) is 3.67. The molecule has 0 aromatic heterocycles. The Bertz CT molecular complexity index is 398. The molecule has 5 heteroatoms. The van der Waals surface area contributed by atoms with Crippen molar-refractivity contribution in [1.82, 2.24) is 0 Å². The highest BCUT2D eigenvalue weighted by molar-refractivity contribution is 7.80. The van der Waals surface area contributed by atoms with Gasteiger partial charge in [0.15, 0.2) is 0 Å². The maximum absolute atomic E-state index is 9.13. The summed E-state index contributed by atoms with van der Waals surface area (Å²) in [7, 11) is 1.87. The van der Waals surface area contributed by atoms with E-state index in [-0.39, 0.29) is 12.6 Å². The van der Waals surface area contributed by atoms with Crippen LogP contribution in [0.3, 0.4) is 0 Å². The third kappa shape index (κ3) is 2.84. The summed E-state index contributed by atoms with van der Waals surface area (Å²) in [6.45, 7) is 1.96. The molecule has 1 aromatic carbocycles. The third-order valence-corrected chi connectivity index (χ3v) is 2.99. The van der Waals surface area contributed by atoms with E-state index in [9.17, 15) is 0 Å². The Kier molecular flexibility index (Phi) is 4.53. The van der Waals surface area contributed by atoms with E-state index < -0.39 is 0 Å². The summed E-state index contributed by atoms with van der Waals surface area (Å²) in [6.07, 6.45) is 0. The summed E-state index contributed by atoms with van der Waals surface area (Å²) in [5.41, 5.74) is 7.24. The summed E-state index contributed by atoms with van der Waals surface area (Å²) in [6, 6.07) is 5.31. The molecule has 1 atom stereocenters. The van der Waals surface area contributed by atoms with Crippen LogP contribution in [0.5, 0.6) is 0 Å². The molecule has 0 heterocycles. The Morgan fingerprint density at radius 2 is 2.25 bits per heavy atom. The summed E-state index contributed by atoms with van der Waals surface area (Å²) in [5, 5.41) is 9.74. The minimum atomic E-state index is -0.0217. The molecule has 0 saturated carbocycles. The molecule has 88 valence electrons. The van der Waals surface area contributed by atoms with Crippen LogP contribution in [0.2, 0.25) is 5.02 Å². The Morgan fingerprint density at radius 3 is 2.75 bits per heavy atom. The lowest BCUT2D eigenvalue weighted by Crippen LogP contribution is -2.33. The zero-order valence-electron chi connectivity index (χ0n) is 9.27. The van der Waals surface area contributed by atoms with E-state index in [0.29, 0.717) is 10.0 Å². The first-order chi connectivity index (χ1) is 7.47. The van der Waals surface area contributed by atoms with Crippen molar-refractivity contribution in [2.24, 2.45) is 5.73 Å². The van der Waals surface area contributed by atoms with Crippen molar-refractivity contribution in [2.75, 3.05) is 18.6 Å². The molecule has 3 N–H and O–H groups in total. The third-order valence-electron chi connectivity index (χ3n) is 2.53. The molecule has 0 saturated heterocycles. The number of likely N-dealkylation sites (N-methyl/N-ethyl adjacent to an activating group) is 1. The van der Waals surface area contributed by atoms with Gasteiger partial charge in [-0.25, -0.2) is 0 Å². The number of hydrogen-bond acceptors (Lipinski definition) is 3.